The third-order valence-electron chi connectivity index (χ3n) is 3.08. The topological polar surface area (TPSA) is 26.0 Å². The second kappa shape index (κ2) is 5.89. The lowest BCUT2D eigenvalue weighted by Gasteiger charge is -2.18. The molecule has 2 N–H and O–H groups in total. The number of aryl methyl sites for hydroxylation is 2. The SMILES string of the molecule is Cc1cc(C)c(C(N)c2cc(Br)ccc2I)c(F)c1. The van der Waals surface area contributed by atoms with Crippen molar-refractivity contribution in [2.75, 3.05) is 0 Å². The zero-order valence-corrected chi connectivity index (χ0v) is 14.4. The van der Waals surface area contributed by atoms with Crippen LogP contribution >= 0.6 is 38.5 Å². The molecule has 0 radical (unpaired) electrons. The van der Waals surface area contributed by atoms with Gasteiger partial charge in [0.25, 0.3) is 0 Å². The molecule has 0 fully saturated rings. The fraction of sp³-hybridized carbons (Fsp3) is 0.200. The number of hydrogen-bond donors (Lipinski definition) is 1. The maximum absolute atomic E-state index is 14.2. The molecule has 0 saturated carbocycles. The van der Waals surface area contributed by atoms with Crippen molar-refractivity contribution in [3.05, 3.63) is 66.4 Å². The van der Waals surface area contributed by atoms with Crippen LogP contribution in [0.15, 0.2) is 34.8 Å². The Morgan fingerprint density at radius 1 is 1.21 bits per heavy atom. The molecule has 0 aromatic heterocycles. The first-order chi connectivity index (χ1) is 8.90. The predicted molar refractivity (Wildman–Crippen MR) is 88.8 cm³/mol. The second-order valence-electron chi connectivity index (χ2n) is 4.62. The van der Waals surface area contributed by atoms with Crippen molar-refractivity contribution in [2.45, 2.75) is 19.9 Å². The maximum Gasteiger partial charge on any atom is 0.128 e. The molecule has 2 aromatic carbocycles. The highest BCUT2D eigenvalue weighted by Crippen LogP contribution is 2.30. The number of benzene rings is 2. The molecule has 1 nitrogen and oxygen atoms in total. The normalized spacial score (nSPS) is 12.5. The number of hydrogen-bond acceptors (Lipinski definition) is 1. The van der Waals surface area contributed by atoms with Gasteiger partial charge in [0.05, 0.1) is 6.04 Å². The molecule has 0 aliphatic heterocycles. The van der Waals surface area contributed by atoms with E-state index in [1.165, 1.54) is 6.07 Å². The van der Waals surface area contributed by atoms with Crippen LogP contribution in [0, 0.1) is 23.2 Å². The van der Waals surface area contributed by atoms with Gasteiger partial charge in [-0.05, 0) is 77.4 Å². The van der Waals surface area contributed by atoms with Gasteiger partial charge in [-0.15, -0.1) is 0 Å². The lowest BCUT2D eigenvalue weighted by Crippen LogP contribution is -2.16. The fourth-order valence-corrected chi connectivity index (χ4v) is 3.28. The number of halogens is 3. The Morgan fingerprint density at radius 3 is 2.53 bits per heavy atom. The van der Waals surface area contributed by atoms with E-state index < -0.39 is 6.04 Å². The molecule has 19 heavy (non-hydrogen) atoms. The number of nitrogens with two attached hydrogens (primary N) is 1. The molecule has 0 amide bonds. The van der Waals surface area contributed by atoms with Gasteiger partial charge >= 0.3 is 0 Å². The summed E-state index contributed by atoms with van der Waals surface area (Å²) >= 11 is 5.66. The minimum Gasteiger partial charge on any atom is -0.320 e. The third-order valence-corrected chi connectivity index (χ3v) is 4.56. The second-order valence-corrected chi connectivity index (χ2v) is 6.70. The highest BCUT2D eigenvalue weighted by molar-refractivity contribution is 14.1. The zero-order valence-electron chi connectivity index (χ0n) is 10.7. The molecule has 4 heteroatoms. The molecule has 1 atom stereocenters. The summed E-state index contributed by atoms with van der Waals surface area (Å²) in [5.74, 6) is -0.235. The van der Waals surface area contributed by atoms with E-state index in [1.54, 1.807) is 0 Å². The van der Waals surface area contributed by atoms with Crippen molar-refractivity contribution in [3.8, 4) is 0 Å². The molecule has 0 saturated heterocycles. The predicted octanol–water partition coefficient (Wildman–Crippen LogP) is 4.86. The quantitative estimate of drug-likeness (QED) is 0.672. The van der Waals surface area contributed by atoms with Crippen LogP contribution in [0.4, 0.5) is 4.39 Å². The Morgan fingerprint density at radius 2 is 1.89 bits per heavy atom. The van der Waals surface area contributed by atoms with Crippen molar-refractivity contribution in [1.29, 1.82) is 0 Å². The lowest BCUT2D eigenvalue weighted by atomic mass is 9.94. The Labute approximate surface area is 134 Å². The summed E-state index contributed by atoms with van der Waals surface area (Å²) in [6, 6.07) is 8.92. The van der Waals surface area contributed by atoms with Crippen LogP contribution in [-0.2, 0) is 0 Å². The summed E-state index contributed by atoms with van der Waals surface area (Å²) in [6.07, 6.45) is 0. The molecule has 0 aliphatic rings. The van der Waals surface area contributed by atoms with Gasteiger partial charge in [0.15, 0.2) is 0 Å². The van der Waals surface area contributed by atoms with Gasteiger partial charge in [0, 0.05) is 13.6 Å². The van der Waals surface area contributed by atoms with Crippen LogP contribution < -0.4 is 5.73 Å². The Kier molecular flexibility index (Phi) is 4.63. The van der Waals surface area contributed by atoms with Gasteiger partial charge in [0.2, 0.25) is 0 Å². The average molecular weight is 434 g/mol. The van der Waals surface area contributed by atoms with Crippen LogP contribution in [-0.4, -0.2) is 0 Å². The van der Waals surface area contributed by atoms with E-state index in [1.807, 2.05) is 38.1 Å². The summed E-state index contributed by atoms with van der Waals surface area (Å²) in [6.45, 7) is 3.78. The molecule has 0 heterocycles. The first kappa shape index (κ1) is 14.9. The van der Waals surface area contributed by atoms with Crippen LogP contribution in [0.2, 0.25) is 0 Å². The monoisotopic (exact) mass is 433 g/mol. The van der Waals surface area contributed by atoms with Crippen LogP contribution in [0.1, 0.15) is 28.3 Å². The summed E-state index contributed by atoms with van der Waals surface area (Å²) in [4.78, 5) is 0. The van der Waals surface area contributed by atoms with Crippen molar-refractivity contribution in [2.24, 2.45) is 5.73 Å². The molecule has 100 valence electrons. The molecule has 0 aliphatic carbocycles. The van der Waals surface area contributed by atoms with Crippen molar-refractivity contribution in [3.63, 3.8) is 0 Å². The molecule has 0 spiro atoms. The highest BCUT2D eigenvalue weighted by Gasteiger charge is 2.19. The van der Waals surface area contributed by atoms with Crippen molar-refractivity contribution in [1.82, 2.24) is 0 Å². The lowest BCUT2D eigenvalue weighted by molar-refractivity contribution is 0.595. The molecular weight excluding hydrogens is 420 g/mol. The van der Waals surface area contributed by atoms with Gasteiger partial charge in [-0.1, -0.05) is 22.0 Å². The smallest absolute Gasteiger partial charge is 0.128 e. The van der Waals surface area contributed by atoms with Gasteiger partial charge in [-0.3, -0.25) is 0 Å². The Balaban J connectivity index is 2.56. The minimum atomic E-state index is -0.454. The van der Waals surface area contributed by atoms with E-state index in [0.717, 1.165) is 24.7 Å². The largest absolute Gasteiger partial charge is 0.320 e. The number of rotatable bonds is 2. The van der Waals surface area contributed by atoms with Crippen LogP contribution in [0.3, 0.4) is 0 Å². The van der Waals surface area contributed by atoms with Crippen molar-refractivity contribution >= 4 is 38.5 Å². The summed E-state index contributed by atoms with van der Waals surface area (Å²) in [5, 5.41) is 0. The zero-order chi connectivity index (χ0) is 14.2. The first-order valence-electron chi connectivity index (χ1n) is 5.87. The van der Waals surface area contributed by atoms with Crippen LogP contribution in [0.25, 0.3) is 0 Å². The molecule has 0 bridgehead atoms. The van der Waals surface area contributed by atoms with Gasteiger partial charge in [-0.2, -0.15) is 0 Å². The minimum absolute atomic E-state index is 0.235. The van der Waals surface area contributed by atoms with E-state index in [4.69, 9.17) is 5.73 Å². The van der Waals surface area contributed by atoms with E-state index in [2.05, 4.69) is 38.5 Å². The van der Waals surface area contributed by atoms with Crippen LogP contribution in [0.5, 0.6) is 0 Å². The Hall–Kier alpha value is -0.460. The van der Waals surface area contributed by atoms with Gasteiger partial charge < -0.3 is 5.73 Å². The van der Waals surface area contributed by atoms with E-state index in [-0.39, 0.29) is 5.82 Å². The van der Waals surface area contributed by atoms with E-state index in [9.17, 15) is 4.39 Å². The highest BCUT2D eigenvalue weighted by atomic mass is 127. The van der Waals surface area contributed by atoms with Crippen molar-refractivity contribution < 1.29 is 4.39 Å². The third kappa shape index (κ3) is 3.17. The van der Waals surface area contributed by atoms with E-state index in [0.29, 0.717) is 5.56 Å². The molecule has 1 unspecified atom stereocenters. The Bertz CT molecular complexity index is 605. The van der Waals surface area contributed by atoms with E-state index >= 15 is 0 Å². The summed E-state index contributed by atoms with van der Waals surface area (Å²) in [7, 11) is 0. The first-order valence-corrected chi connectivity index (χ1v) is 7.74. The fourth-order valence-electron chi connectivity index (χ4n) is 2.23. The molecule has 2 aromatic rings. The standard InChI is InChI=1S/C15H14BrFIN/c1-8-5-9(2)14(12(17)6-8)15(19)11-7-10(16)3-4-13(11)18/h3-7,15H,19H2,1-2H3. The molecule has 2 rings (SSSR count). The summed E-state index contributed by atoms with van der Waals surface area (Å²) in [5.41, 5.74) is 9.58. The maximum atomic E-state index is 14.2. The van der Waals surface area contributed by atoms with Gasteiger partial charge in [0.1, 0.15) is 5.82 Å². The van der Waals surface area contributed by atoms with Gasteiger partial charge in [-0.25, -0.2) is 4.39 Å². The average Bonchev–Trinajstić information content (AvgIpc) is 2.30. The summed E-state index contributed by atoms with van der Waals surface area (Å²) < 4.78 is 16.2. The molecular formula is C15H14BrFIN.